The van der Waals surface area contributed by atoms with Crippen molar-refractivity contribution in [2.45, 2.75) is 62.7 Å². The van der Waals surface area contributed by atoms with Gasteiger partial charge in [0, 0.05) is 76.3 Å². The first-order chi connectivity index (χ1) is 21.0. The Labute approximate surface area is 254 Å². The molecule has 2 aromatic rings. The van der Waals surface area contributed by atoms with Crippen molar-refractivity contribution in [3.63, 3.8) is 0 Å². The van der Waals surface area contributed by atoms with Gasteiger partial charge in [0.2, 0.25) is 11.8 Å². The fourth-order valence-corrected chi connectivity index (χ4v) is 6.90. The van der Waals surface area contributed by atoms with Gasteiger partial charge < -0.3 is 39.8 Å². The van der Waals surface area contributed by atoms with E-state index in [0.717, 1.165) is 0 Å². The summed E-state index contributed by atoms with van der Waals surface area (Å²) >= 11 is 0. The molecule has 0 radical (unpaired) electrons. The van der Waals surface area contributed by atoms with E-state index in [2.05, 4.69) is 10.6 Å². The molecule has 6 atom stereocenters. The Morgan fingerprint density at radius 3 is 1.39 bits per heavy atom. The molecule has 44 heavy (non-hydrogen) atoms. The van der Waals surface area contributed by atoms with Crippen LogP contribution in [-0.4, -0.2) is 102 Å². The van der Waals surface area contributed by atoms with Crippen LogP contribution in [0.2, 0.25) is 0 Å². The van der Waals surface area contributed by atoms with Crippen LogP contribution in [0.25, 0.3) is 0 Å². The van der Waals surface area contributed by atoms with Gasteiger partial charge in [0.15, 0.2) is 0 Å². The first-order valence-electron chi connectivity index (χ1n) is 14.9. The Morgan fingerprint density at radius 2 is 1.07 bits per heavy atom. The maximum atomic E-state index is 13.9. The molecule has 1 aliphatic carbocycles. The summed E-state index contributed by atoms with van der Waals surface area (Å²) < 4.78 is 3.28. The topological polar surface area (TPSA) is 183 Å². The van der Waals surface area contributed by atoms with Crippen molar-refractivity contribution in [1.29, 1.82) is 0 Å². The van der Waals surface area contributed by atoms with Crippen LogP contribution in [0.15, 0.2) is 36.7 Å². The first kappa shape index (κ1) is 30.8. The van der Waals surface area contributed by atoms with Gasteiger partial charge in [-0.25, -0.2) is 9.59 Å². The van der Waals surface area contributed by atoms with Crippen molar-refractivity contribution in [1.82, 2.24) is 29.6 Å². The summed E-state index contributed by atoms with van der Waals surface area (Å²) in [7, 11) is 3.43. The molecule has 236 valence electrons. The molecule has 4 N–H and O–H groups in total. The predicted molar refractivity (Wildman–Crippen MR) is 154 cm³/mol. The number of aliphatic carboxylic acids is 2. The summed E-state index contributed by atoms with van der Waals surface area (Å²) in [5.41, 5.74) is 0.799. The monoisotopic (exact) mass is 610 g/mol. The molecule has 3 fully saturated rings. The lowest BCUT2D eigenvalue weighted by atomic mass is 9.77. The zero-order chi connectivity index (χ0) is 31.7. The SMILES string of the molecule is Cn1cccc1C(=O)N[C@H]1C[C@@H](C(=O)O)N(C(=O)[C@H]2CCCC[C@@H]2C(=O)N2C[C@@H](NC(=O)c3cccn3C)C[C@H]2C(=O)O)C1. The highest BCUT2D eigenvalue weighted by Crippen LogP contribution is 2.36. The largest absolute Gasteiger partial charge is 0.480 e. The molecule has 2 aromatic heterocycles. The van der Waals surface area contributed by atoms with E-state index in [1.165, 1.54) is 9.80 Å². The molecular weight excluding hydrogens is 572 g/mol. The van der Waals surface area contributed by atoms with Gasteiger partial charge in [-0.3, -0.25) is 19.2 Å². The van der Waals surface area contributed by atoms with E-state index >= 15 is 0 Å². The number of carboxylic acid groups (broad SMARTS) is 2. The Balaban J connectivity index is 1.30. The summed E-state index contributed by atoms with van der Waals surface area (Å²) in [5.74, 6) is -5.77. The fraction of sp³-hybridized carbons (Fsp3) is 0.533. The van der Waals surface area contributed by atoms with Gasteiger partial charge in [0.25, 0.3) is 11.8 Å². The number of carbonyl (C=O) groups excluding carboxylic acids is 4. The van der Waals surface area contributed by atoms with Gasteiger partial charge in [0.1, 0.15) is 23.5 Å². The number of carbonyl (C=O) groups is 6. The summed E-state index contributed by atoms with van der Waals surface area (Å²) in [6, 6.07) is 3.18. The van der Waals surface area contributed by atoms with Gasteiger partial charge in [-0.2, -0.15) is 0 Å². The number of likely N-dealkylation sites (tertiary alicyclic amines) is 2. The smallest absolute Gasteiger partial charge is 0.326 e. The number of hydrogen-bond acceptors (Lipinski definition) is 6. The first-order valence-corrected chi connectivity index (χ1v) is 14.9. The summed E-state index contributed by atoms with van der Waals surface area (Å²) in [5, 5.41) is 25.6. The molecule has 14 nitrogen and oxygen atoms in total. The summed E-state index contributed by atoms with van der Waals surface area (Å²) in [6.45, 7) is -0.0316. The minimum absolute atomic E-state index is 0.0158. The lowest BCUT2D eigenvalue weighted by molar-refractivity contribution is -0.156. The number of aromatic nitrogens is 2. The van der Waals surface area contributed by atoms with Crippen LogP contribution in [-0.2, 0) is 33.3 Å². The van der Waals surface area contributed by atoms with E-state index < -0.39 is 59.8 Å². The zero-order valence-electron chi connectivity index (χ0n) is 24.7. The maximum Gasteiger partial charge on any atom is 0.326 e. The highest BCUT2D eigenvalue weighted by atomic mass is 16.4. The molecule has 4 amide bonds. The zero-order valence-corrected chi connectivity index (χ0v) is 24.7. The Hall–Kier alpha value is -4.62. The van der Waals surface area contributed by atoms with Crippen LogP contribution < -0.4 is 10.6 Å². The number of hydrogen-bond donors (Lipinski definition) is 4. The van der Waals surface area contributed by atoms with Gasteiger partial charge in [-0.15, -0.1) is 0 Å². The Kier molecular flexibility index (Phi) is 8.79. The molecule has 1 saturated carbocycles. The maximum absolute atomic E-state index is 13.9. The standard InChI is InChI=1S/C30H38N6O8/c1-33-11-5-9-21(33)25(37)31-17-13-23(29(41)42)35(15-17)27(39)19-7-3-4-8-20(19)28(40)36-16-18(14-24(36)30(43)44)32-26(38)22-10-6-12-34(22)2/h5-6,9-12,17-20,23-24H,3-4,7-8,13-16H2,1-2H3,(H,31,37)(H,32,38)(H,41,42)(H,43,44)/t17-,18-,19-,20-,23-,24-/m0/s1. The van der Waals surface area contributed by atoms with Crippen LogP contribution in [0.3, 0.4) is 0 Å². The molecule has 2 aliphatic heterocycles. The number of carboxylic acids is 2. The third kappa shape index (κ3) is 6.06. The van der Waals surface area contributed by atoms with Crippen molar-refractivity contribution in [3.8, 4) is 0 Å². The lowest BCUT2D eigenvalue weighted by Crippen LogP contribution is -2.51. The van der Waals surface area contributed by atoms with Crippen LogP contribution in [0.5, 0.6) is 0 Å². The lowest BCUT2D eigenvalue weighted by Gasteiger charge is -2.36. The van der Waals surface area contributed by atoms with Crippen molar-refractivity contribution in [3.05, 3.63) is 48.0 Å². The minimum Gasteiger partial charge on any atom is -0.480 e. The number of rotatable bonds is 8. The van der Waals surface area contributed by atoms with Crippen molar-refractivity contribution in [2.24, 2.45) is 25.9 Å². The number of amides is 4. The quantitative estimate of drug-likeness (QED) is 0.332. The van der Waals surface area contributed by atoms with Crippen molar-refractivity contribution >= 4 is 35.6 Å². The second-order valence-corrected chi connectivity index (χ2v) is 12.0. The Bertz CT molecular complexity index is 1360. The fourth-order valence-electron chi connectivity index (χ4n) is 6.90. The summed E-state index contributed by atoms with van der Waals surface area (Å²) in [4.78, 5) is 80.3. The summed E-state index contributed by atoms with van der Waals surface area (Å²) in [6.07, 6.45) is 5.53. The average Bonchev–Trinajstić information content (AvgIpc) is 3.79. The van der Waals surface area contributed by atoms with E-state index in [9.17, 15) is 39.0 Å². The van der Waals surface area contributed by atoms with Gasteiger partial charge in [-0.05, 0) is 37.1 Å². The average molecular weight is 611 g/mol. The number of nitrogens with zero attached hydrogens (tertiary/aromatic N) is 4. The van der Waals surface area contributed by atoms with E-state index in [0.29, 0.717) is 37.1 Å². The molecule has 0 bridgehead atoms. The molecule has 2 saturated heterocycles. The van der Waals surface area contributed by atoms with E-state index in [1.54, 1.807) is 59.9 Å². The molecule has 0 unspecified atom stereocenters. The number of nitrogens with one attached hydrogen (secondary N) is 2. The van der Waals surface area contributed by atoms with E-state index in [4.69, 9.17) is 0 Å². The molecule has 4 heterocycles. The number of aryl methyl sites for hydroxylation is 2. The van der Waals surface area contributed by atoms with Gasteiger partial charge in [0.05, 0.1) is 0 Å². The Morgan fingerprint density at radius 1 is 0.682 bits per heavy atom. The van der Waals surface area contributed by atoms with E-state index in [1.807, 2.05) is 0 Å². The second kappa shape index (κ2) is 12.5. The molecule has 5 rings (SSSR count). The molecule has 0 aromatic carbocycles. The van der Waals surface area contributed by atoms with Gasteiger partial charge >= 0.3 is 11.9 Å². The predicted octanol–water partition coefficient (Wildman–Crippen LogP) is 0.438. The van der Waals surface area contributed by atoms with Crippen LogP contribution in [0, 0.1) is 11.8 Å². The molecular formula is C30H38N6O8. The third-order valence-corrected chi connectivity index (χ3v) is 9.16. The van der Waals surface area contributed by atoms with E-state index in [-0.39, 0.29) is 37.7 Å². The highest BCUT2D eigenvalue weighted by Gasteiger charge is 2.49. The van der Waals surface area contributed by atoms with Crippen LogP contribution in [0.1, 0.15) is 59.5 Å². The highest BCUT2D eigenvalue weighted by molar-refractivity contribution is 5.95. The van der Waals surface area contributed by atoms with Crippen LogP contribution >= 0.6 is 0 Å². The van der Waals surface area contributed by atoms with Crippen molar-refractivity contribution in [2.75, 3.05) is 13.1 Å². The van der Waals surface area contributed by atoms with Crippen molar-refractivity contribution < 1.29 is 39.0 Å². The normalized spacial score (nSPS) is 26.8. The molecule has 3 aliphatic rings. The van der Waals surface area contributed by atoms with Crippen LogP contribution in [0.4, 0.5) is 0 Å². The minimum atomic E-state index is -1.20. The third-order valence-electron chi connectivity index (χ3n) is 9.16. The van der Waals surface area contributed by atoms with Gasteiger partial charge in [-0.1, -0.05) is 12.8 Å². The second-order valence-electron chi connectivity index (χ2n) is 12.0. The molecule has 14 heteroatoms. The molecule has 0 spiro atoms.